The van der Waals surface area contributed by atoms with E-state index < -0.39 is 0 Å². The highest BCUT2D eigenvalue weighted by molar-refractivity contribution is 7.13. The van der Waals surface area contributed by atoms with Crippen LogP contribution in [-0.2, 0) is 17.8 Å². The molecule has 7 heteroatoms. The molecule has 6 nitrogen and oxygen atoms in total. The number of benzene rings is 2. The third-order valence-electron chi connectivity index (χ3n) is 4.49. The van der Waals surface area contributed by atoms with Gasteiger partial charge in [0.15, 0.2) is 0 Å². The van der Waals surface area contributed by atoms with Gasteiger partial charge in [-0.1, -0.05) is 30.3 Å². The minimum Gasteiger partial charge on any atom is -0.493 e. The van der Waals surface area contributed by atoms with E-state index in [2.05, 4.69) is 15.4 Å². The van der Waals surface area contributed by atoms with E-state index in [9.17, 15) is 4.79 Å². The van der Waals surface area contributed by atoms with E-state index in [0.717, 1.165) is 33.3 Å². The van der Waals surface area contributed by atoms with E-state index in [1.165, 1.54) is 11.3 Å². The van der Waals surface area contributed by atoms with Crippen molar-refractivity contribution in [2.45, 2.75) is 19.9 Å². The molecule has 2 heterocycles. The van der Waals surface area contributed by atoms with Gasteiger partial charge in [0.25, 0.3) is 0 Å². The average Bonchev–Trinajstić information content (AvgIpc) is 3.42. The number of carbonyl (C=O) groups is 1. The van der Waals surface area contributed by atoms with E-state index in [0.29, 0.717) is 13.2 Å². The van der Waals surface area contributed by atoms with Crippen LogP contribution in [0.4, 0.5) is 5.69 Å². The molecule has 152 valence electrons. The summed E-state index contributed by atoms with van der Waals surface area (Å²) in [6.07, 6.45) is 3.85. The average molecular weight is 419 g/mol. The minimum absolute atomic E-state index is 0.0992. The molecule has 0 spiro atoms. The fraction of sp³-hybridized carbons (Fsp3) is 0.174. The molecule has 0 aliphatic rings. The smallest absolute Gasteiger partial charge is 0.230 e. The van der Waals surface area contributed by atoms with Crippen molar-refractivity contribution in [3.05, 3.63) is 83.6 Å². The summed E-state index contributed by atoms with van der Waals surface area (Å²) >= 11 is 1.51. The van der Waals surface area contributed by atoms with Crippen LogP contribution < -0.4 is 10.1 Å². The number of thiazole rings is 1. The van der Waals surface area contributed by atoms with Crippen molar-refractivity contribution >= 4 is 22.9 Å². The first kappa shape index (κ1) is 19.8. The highest BCUT2D eigenvalue weighted by Crippen LogP contribution is 2.32. The van der Waals surface area contributed by atoms with Crippen LogP contribution in [0.1, 0.15) is 18.2 Å². The van der Waals surface area contributed by atoms with Gasteiger partial charge in [0.2, 0.25) is 5.91 Å². The third-order valence-corrected chi connectivity index (χ3v) is 5.42. The molecule has 1 amide bonds. The predicted molar refractivity (Wildman–Crippen MR) is 119 cm³/mol. The number of anilines is 1. The molecule has 0 saturated heterocycles. The van der Waals surface area contributed by atoms with Crippen LogP contribution >= 0.6 is 11.3 Å². The van der Waals surface area contributed by atoms with Crippen LogP contribution in [0.25, 0.3) is 10.6 Å². The Morgan fingerprint density at radius 1 is 1.13 bits per heavy atom. The zero-order valence-electron chi connectivity index (χ0n) is 16.6. The topological polar surface area (TPSA) is 69.0 Å². The van der Waals surface area contributed by atoms with Crippen LogP contribution in [0.5, 0.6) is 5.75 Å². The number of nitrogens with one attached hydrogen (secondary N) is 1. The van der Waals surface area contributed by atoms with Gasteiger partial charge in [-0.2, -0.15) is 5.10 Å². The van der Waals surface area contributed by atoms with Crippen molar-refractivity contribution in [3.63, 3.8) is 0 Å². The molecule has 0 fully saturated rings. The Hall–Kier alpha value is -3.45. The summed E-state index contributed by atoms with van der Waals surface area (Å²) in [6.45, 7) is 3.15. The van der Waals surface area contributed by atoms with Crippen molar-refractivity contribution in [3.8, 4) is 16.3 Å². The summed E-state index contributed by atoms with van der Waals surface area (Å²) in [5.41, 5.74) is 3.47. The van der Waals surface area contributed by atoms with Crippen LogP contribution in [0.3, 0.4) is 0 Å². The van der Waals surface area contributed by atoms with E-state index in [1.807, 2.05) is 77.8 Å². The highest BCUT2D eigenvalue weighted by atomic mass is 32.1. The molecule has 2 aromatic heterocycles. The third kappa shape index (κ3) is 4.75. The standard InChI is InChI=1S/C23H22N4O2S/c1-2-29-21-11-6-4-9-19(21)23-25-18(16-30-23)14-22(28)26-20-10-5-3-8-17(20)15-27-13-7-12-24-27/h3-13,16H,2,14-15H2,1H3,(H,26,28). The molecule has 0 radical (unpaired) electrons. The summed E-state index contributed by atoms with van der Waals surface area (Å²) in [7, 11) is 0. The van der Waals surface area contributed by atoms with Crippen molar-refractivity contribution in [1.29, 1.82) is 0 Å². The van der Waals surface area contributed by atoms with Crippen molar-refractivity contribution in [1.82, 2.24) is 14.8 Å². The van der Waals surface area contributed by atoms with Gasteiger partial charge in [0.1, 0.15) is 10.8 Å². The van der Waals surface area contributed by atoms with Crippen molar-refractivity contribution in [2.75, 3.05) is 11.9 Å². The highest BCUT2D eigenvalue weighted by Gasteiger charge is 2.13. The molecule has 30 heavy (non-hydrogen) atoms. The Morgan fingerprint density at radius 3 is 2.80 bits per heavy atom. The predicted octanol–water partition coefficient (Wildman–Crippen LogP) is 4.63. The Balaban J connectivity index is 1.45. The van der Waals surface area contributed by atoms with Crippen molar-refractivity contribution < 1.29 is 9.53 Å². The normalized spacial score (nSPS) is 10.7. The summed E-state index contributed by atoms with van der Waals surface area (Å²) in [4.78, 5) is 17.3. The number of nitrogens with zero attached hydrogens (tertiary/aromatic N) is 3. The zero-order valence-corrected chi connectivity index (χ0v) is 17.4. The lowest BCUT2D eigenvalue weighted by Gasteiger charge is -2.11. The lowest BCUT2D eigenvalue weighted by Crippen LogP contribution is -2.16. The van der Waals surface area contributed by atoms with Gasteiger partial charge >= 0.3 is 0 Å². The Morgan fingerprint density at radius 2 is 1.97 bits per heavy atom. The first-order valence-electron chi connectivity index (χ1n) is 9.74. The van der Waals surface area contributed by atoms with E-state index in [4.69, 9.17) is 4.74 Å². The fourth-order valence-electron chi connectivity index (χ4n) is 3.14. The number of amides is 1. The Bertz CT molecular complexity index is 1120. The van der Waals surface area contributed by atoms with E-state index in [1.54, 1.807) is 6.20 Å². The monoisotopic (exact) mass is 418 g/mol. The quantitative estimate of drug-likeness (QED) is 0.453. The maximum absolute atomic E-state index is 12.7. The van der Waals surface area contributed by atoms with E-state index in [-0.39, 0.29) is 12.3 Å². The number of carbonyl (C=O) groups excluding carboxylic acids is 1. The molecule has 0 unspecified atom stereocenters. The maximum atomic E-state index is 12.7. The number of para-hydroxylation sites is 2. The molecule has 0 saturated carbocycles. The summed E-state index contributed by atoms with van der Waals surface area (Å²) in [6, 6.07) is 17.5. The van der Waals surface area contributed by atoms with Crippen LogP contribution in [0.2, 0.25) is 0 Å². The molecule has 0 bridgehead atoms. The van der Waals surface area contributed by atoms with Gasteiger partial charge in [0.05, 0.1) is 30.8 Å². The Labute approximate surface area is 179 Å². The molecular formula is C23H22N4O2S. The molecule has 0 aliphatic heterocycles. The maximum Gasteiger partial charge on any atom is 0.230 e. The van der Waals surface area contributed by atoms with E-state index >= 15 is 0 Å². The van der Waals surface area contributed by atoms with Gasteiger partial charge in [-0.3, -0.25) is 9.48 Å². The second kappa shape index (κ2) is 9.37. The summed E-state index contributed by atoms with van der Waals surface area (Å²) < 4.78 is 7.52. The zero-order chi connectivity index (χ0) is 20.8. The molecule has 4 rings (SSSR count). The number of hydrogen-bond acceptors (Lipinski definition) is 5. The fourth-order valence-corrected chi connectivity index (χ4v) is 3.99. The number of hydrogen-bond donors (Lipinski definition) is 1. The number of rotatable bonds is 8. The second-order valence-corrected chi connectivity index (χ2v) is 7.52. The molecule has 0 aliphatic carbocycles. The molecule has 0 atom stereocenters. The van der Waals surface area contributed by atoms with Gasteiger partial charge in [-0.25, -0.2) is 4.98 Å². The van der Waals surface area contributed by atoms with Gasteiger partial charge in [0, 0.05) is 23.5 Å². The van der Waals surface area contributed by atoms with Gasteiger partial charge < -0.3 is 10.1 Å². The van der Waals surface area contributed by atoms with Crippen molar-refractivity contribution in [2.24, 2.45) is 0 Å². The molecule has 1 N–H and O–H groups in total. The summed E-state index contributed by atoms with van der Waals surface area (Å²) in [5.74, 6) is 0.704. The summed E-state index contributed by atoms with van der Waals surface area (Å²) in [5, 5.41) is 10.0. The lowest BCUT2D eigenvalue weighted by molar-refractivity contribution is -0.115. The second-order valence-electron chi connectivity index (χ2n) is 6.66. The van der Waals surface area contributed by atoms with Crippen LogP contribution in [-0.4, -0.2) is 27.3 Å². The first-order valence-corrected chi connectivity index (χ1v) is 10.6. The Kier molecular flexibility index (Phi) is 6.20. The molecule has 2 aromatic carbocycles. The number of ether oxygens (including phenoxy) is 1. The molecule has 4 aromatic rings. The van der Waals surface area contributed by atoms with Crippen LogP contribution in [0, 0.1) is 0 Å². The molecular weight excluding hydrogens is 396 g/mol. The number of aromatic nitrogens is 3. The lowest BCUT2D eigenvalue weighted by atomic mass is 10.1. The minimum atomic E-state index is -0.0992. The van der Waals surface area contributed by atoms with Gasteiger partial charge in [-0.15, -0.1) is 11.3 Å². The largest absolute Gasteiger partial charge is 0.493 e. The SMILES string of the molecule is CCOc1ccccc1-c1nc(CC(=O)Nc2ccccc2Cn2cccn2)cs1. The first-order chi connectivity index (χ1) is 14.7. The van der Waals surface area contributed by atoms with Gasteiger partial charge in [-0.05, 0) is 36.8 Å². The van der Waals surface area contributed by atoms with Crippen LogP contribution in [0.15, 0.2) is 72.4 Å².